The van der Waals surface area contributed by atoms with Gasteiger partial charge in [-0.3, -0.25) is 0 Å². The maximum Gasteiger partial charge on any atom is 0.407 e. The molecular weight excluding hydrogens is 282 g/mol. The minimum absolute atomic E-state index is 0.107. The van der Waals surface area contributed by atoms with Gasteiger partial charge in [0, 0.05) is 18.0 Å². The number of rotatable bonds is 4. The molecule has 5 nitrogen and oxygen atoms in total. The van der Waals surface area contributed by atoms with E-state index in [9.17, 15) is 9.59 Å². The summed E-state index contributed by atoms with van der Waals surface area (Å²) in [4.78, 5) is 22.2. The van der Waals surface area contributed by atoms with Gasteiger partial charge in [0.1, 0.15) is 5.60 Å². The zero-order valence-electron chi connectivity index (χ0n) is 13.0. The number of carboxylic acid groups (broad SMARTS) is 1. The lowest BCUT2D eigenvalue weighted by Crippen LogP contribution is -2.34. The third kappa shape index (κ3) is 4.91. The van der Waals surface area contributed by atoms with Crippen molar-refractivity contribution in [3.63, 3.8) is 0 Å². The van der Waals surface area contributed by atoms with E-state index in [1.807, 2.05) is 45.0 Å². The first-order chi connectivity index (χ1) is 10.2. The van der Waals surface area contributed by atoms with Gasteiger partial charge in [-0.15, -0.1) is 0 Å². The van der Waals surface area contributed by atoms with E-state index in [1.165, 1.54) is 0 Å². The van der Waals surface area contributed by atoms with E-state index in [0.29, 0.717) is 5.92 Å². The fourth-order valence-corrected chi connectivity index (χ4v) is 2.20. The monoisotopic (exact) mass is 303 g/mol. The Morgan fingerprint density at radius 1 is 1.27 bits per heavy atom. The zero-order valence-corrected chi connectivity index (χ0v) is 13.0. The van der Waals surface area contributed by atoms with E-state index in [2.05, 4.69) is 5.32 Å². The standard InChI is InChI=1S/C17H21NO4/c1-17(2,3)22-16(21)18-14-10-13(14)12-7-4-11(5-8-12)6-9-15(19)20/h4-9,13-14H,10H2,1-3H3,(H,18,21)(H,19,20)/b9-6+/t13-,14+/m1/s1. The van der Waals surface area contributed by atoms with Gasteiger partial charge in [-0.1, -0.05) is 24.3 Å². The molecule has 0 unspecified atom stereocenters. The van der Waals surface area contributed by atoms with Gasteiger partial charge in [0.05, 0.1) is 0 Å². The lowest BCUT2D eigenvalue weighted by molar-refractivity contribution is -0.131. The van der Waals surface area contributed by atoms with Crippen LogP contribution in [0.3, 0.4) is 0 Å². The molecule has 2 N–H and O–H groups in total. The molecule has 5 heteroatoms. The second-order valence-corrected chi connectivity index (χ2v) is 6.43. The molecule has 0 heterocycles. The van der Waals surface area contributed by atoms with Crippen LogP contribution in [-0.4, -0.2) is 28.8 Å². The predicted octanol–water partition coefficient (Wildman–Crippen LogP) is 3.17. The molecule has 1 fully saturated rings. The number of hydrogen-bond donors (Lipinski definition) is 2. The number of carbonyl (C=O) groups excluding carboxylic acids is 1. The number of amides is 1. The Kier molecular flexibility index (Phi) is 4.54. The lowest BCUT2D eigenvalue weighted by atomic mass is 10.1. The number of benzene rings is 1. The molecule has 1 aliphatic rings. The van der Waals surface area contributed by atoms with Gasteiger partial charge in [0.25, 0.3) is 0 Å². The minimum atomic E-state index is -0.965. The van der Waals surface area contributed by atoms with Crippen LogP contribution in [-0.2, 0) is 9.53 Å². The Hall–Kier alpha value is -2.30. The van der Waals surface area contributed by atoms with Crippen LogP contribution in [0.15, 0.2) is 30.3 Å². The molecule has 2 atom stereocenters. The molecule has 0 bridgehead atoms. The molecular formula is C17H21NO4. The highest BCUT2D eigenvalue weighted by molar-refractivity contribution is 5.85. The highest BCUT2D eigenvalue weighted by Crippen LogP contribution is 2.40. The number of aliphatic carboxylic acids is 1. The van der Waals surface area contributed by atoms with Crippen LogP contribution in [0.1, 0.15) is 44.2 Å². The quantitative estimate of drug-likeness (QED) is 0.838. The van der Waals surface area contributed by atoms with Crippen LogP contribution in [0.5, 0.6) is 0 Å². The summed E-state index contributed by atoms with van der Waals surface area (Å²) < 4.78 is 5.23. The molecule has 1 saturated carbocycles. The summed E-state index contributed by atoms with van der Waals surface area (Å²) in [6, 6.07) is 7.77. The number of carboxylic acids is 1. The highest BCUT2D eigenvalue weighted by atomic mass is 16.6. The molecule has 22 heavy (non-hydrogen) atoms. The second-order valence-electron chi connectivity index (χ2n) is 6.43. The molecule has 1 aromatic carbocycles. The summed E-state index contributed by atoms with van der Waals surface area (Å²) in [6.07, 6.45) is 3.17. The van der Waals surface area contributed by atoms with E-state index in [4.69, 9.17) is 9.84 Å². The molecule has 1 aromatic rings. The topological polar surface area (TPSA) is 75.6 Å². The smallest absolute Gasteiger partial charge is 0.407 e. The van der Waals surface area contributed by atoms with Crippen molar-refractivity contribution in [2.45, 2.75) is 44.8 Å². The number of alkyl carbamates (subject to hydrolysis) is 1. The summed E-state index contributed by atoms with van der Waals surface area (Å²) >= 11 is 0. The fourth-order valence-electron chi connectivity index (χ4n) is 2.20. The van der Waals surface area contributed by atoms with Gasteiger partial charge in [-0.2, -0.15) is 0 Å². The van der Waals surface area contributed by atoms with Gasteiger partial charge in [0.15, 0.2) is 0 Å². The van der Waals surface area contributed by atoms with Crippen molar-refractivity contribution >= 4 is 18.1 Å². The second kappa shape index (κ2) is 6.22. The van der Waals surface area contributed by atoms with E-state index in [0.717, 1.165) is 23.6 Å². The third-order valence-electron chi connectivity index (χ3n) is 3.28. The van der Waals surface area contributed by atoms with Crippen molar-refractivity contribution < 1.29 is 19.4 Å². The van der Waals surface area contributed by atoms with Crippen LogP contribution < -0.4 is 5.32 Å². The van der Waals surface area contributed by atoms with E-state index in [1.54, 1.807) is 6.08 Å². The first-order valence-corrected chi connectivity index (χ1v) is 7.25. The Bertz CT molecular complexity index is 584. The Labute approximate surface area is 130 Å². The van der Waals surface area contributed by atoms with E-state index in [-0.39, 0.29) is 12.1 Å². The summed E-state index contributed by atoms with van der Waals surface area (Å²) in [7, 11) is 0. The maximum absolute atomic E-state index is 11.7. The molecule has 0 saturated heterocycles. The van der Waals surface area contributed by atoms with Crippen LogP contribution in [0.2, 0.25) is 0 Å². The van der Waals surface area contributed by atoms with Crippen molar-refractivity contribution in [2.24, 2.45) is 0 Å². The summed E-state index contributed by atoms with van der Waals surface area (Å²) in [6.45, 7) is 5.50. The SMILES string of the molecule is CC(C)(C)OC(=O)N[C@H]1C[C@@H]1c1ccc(/C=C/C(=O)O)cc1. The normalized spacial score (nSPS) is 20.7. The number of hydrogen-bond acceptors (Lipinski definition) is 3. The average Bonchev–Trinajstić information content (AvgIpc) is 3.13. The van der Waals surface area contributed by atoms with Crippen molar-refractivity contribution in [3.8, 4) is 0 Å². The number of ether oxygens (including phenoxy) is 1. The fraction of sp³-hybridized carbons (Fsp3) is 0.412. The first kappa shape index (κ1) is 16.1. The summed E-state index contributed by atoms with van der Waals surface area (Å²) in [5.74, 6) is -0.669. The van der Waals surface area contributed by atoms with E-state index < -0.39 is 11.6 Å². The van der Waals surface area contributed by atoms with Crippen molar-refractivity contribution in [2.75, 3.05) is 0 Å². The summed E-state index contributed by atoms with van der Waals surface area (Å²) in [5, 5.41) is 11.4. The van der Waals surface area contributed by atoms with Crippen molar-refractivity contribution in [3.05, 3.63) is 41.5 Å². The Morgan fingerprint density at radius 2 is 1.91 bits per heavy atom. The molecule has 2 rings (SSSR count). The molecule has 0 aromatic heterocycles. The maximum atomic E-state index is 11.7. The lowest BCUT2D eigenvalue weighted by Gasteiger charge is -2.19. The van der Waals surface area contributed by atoms with Gasteiger partial charge in [0.2, 0.25) is 0 Å². The molecule has 0 radical (unpaired) electrons. The molecule has 1 aliphatic carbocycles. The highest BCUT2D eigenvalue weighted by Gasteiger charge is 2.40. The predicted molar refractivity (Wildman–Crippen MR) is 83.6 cm³/mol. The first-order valence-electron chi connectivity index (χ1n) is 7.25. The largest absolute Gasteiger partial charge is 0.478 e. The van der Waals surface area contributed by atoms with Crippen LogP contribution in [0, 0.1) is 0 Å². The van der Waals surface area contributed by atoms with Crippen molar-refractivity contribution in [1.82, 2.24) is 5.32 Å². The van der Waals surface area contributed by atoms with Crippen molar-refractivity contribution in [1.29, 1.82) is 0 Å². The van der Waals surface area contributed by atoms with Gasteiger partial charge >= 0.3 is 12.1 Å². The van der Waals surface area contributed by atoms with Gasteiger partial charge < -0.3 is 15.2 Å². The molecule has 118 valence electrons. The van der Waals surface area contributed by atoms with Crippen LogP contribution in [0.4, 0.5) is 4.79 Å². The third-order valence-corrected chi connectivity index (χ3v) is 3.28. The Morgan fingerprint density at radius 3 is 2.45 bits per heavy atom. The summed E-state index contributed by atoms with van der Waals surface area (Å²) in [5.41, 5.74) is 1.48. The zero-order chi connectivity index (χ0) is 16.3. The van der Waals surface area contributed by atoms with Crippen LogP contribution >= 0.6 is 0 Å². The number of carbonyl (C=O) groups is 2. The molecule has 0 spiro atoms. The minimum Gasteiger partial charge on any atom is -0.478 e. The number of nitrogens with one attached hydrogen (secondary N) is 1. The van der Waals surface area contributed by atoms with Gasteiger partial charge in [-0.05, 0) is 44.4 Å². The Balaban J connectivity index is 1.87. The van der Waals surface area contributed by atoms with Gasteiger partial charge in [-0.25, -0.2) is 9.59 Å². The molecule has 0 aliphatic heterocycles. The molecule has 1 amide bonds. The van der Waals surface area contributed by atoms with E-state index >= 15 is 0 Å². The van der Waals surface area contributed by atoms with Crippen LogP contribution in [0.25, 0.3) is 6.08 Å². The average molecular weight is 303 g/mol.